The Hall–Kier alpha value is -2.89. The van der Waals surface area contributed by atoms with Gasteiger partial charge in [0, 0.05) is 18.8 Å². The van der Waals surface area contributed by atoms with Gasteiger partial charge in [-0.05, 0) is 44.0 Å². The quantitative estimate of drug-likeness (QED) is 0.852. The number of para-hydroxylation sites is 1. The van der Waals surface area contributed by atoms with Crippen LogP contribution in [0, 0.1) is 12.8 Å². The van der Waals surface area contributed by atoms with Crippen LogP contribution in [0.2, 0.25) is 0 Å². The van der Waals surface area contributed by atoms with E-state index in [-0.39, 0.29) is 17.7 Å². The van der Waals surface area contributed by atoms with Crippen LogP contribution in [0.4, 0.5) is 5.82 Å². The summed E-state index contributed by atoms with van der Waals surface area (Å²) in [7, 11) is 0. The van der Waals surface area contributed by atoms with Crippen LogP contribution in [0.25, 0.3) is 0 Å². The van der Waals surface area contributed by atoms with Crippen LogP contribution in [0.15, 0.2) is 48.5 Å². The number of amides is 2. The van der Waals surface area contributed by atoms with E-state index in [1.165, 1.54) is 0 Å². The molecule has 6 heteroatoms. The number of anilines is 1. The molecule has 1 fully saturated rings. The molecular weight excluding hydrogens is 342 g/mol. The molecule has 1 aliphatic heterocycles. The van der Waals surface area contributed by atoms with Gasteiger partial charge in [0.05, 0.1) is 18.9 Å². The van der Waals surface area contributed by atoms with Crippen molar-refractivity contribution in [2.24, 2.45) is 5.92 Å². The number of rotatable bonds is 6. The molecule has 27 heavy (non-hydrogen) atoms. The zero-order valence-corrected chi connectivity index (χ0v) is 15.6. The predicted molar refractivity (Wildman–Crippen MR) is 103 cm³/mol. The van der Waals surface area contributed by atoms with Crippen molar-refractivity contribution in [3.8, 4) is 5.75 Å². The van der Waals surface area contributed by atoms with Gasteiger partial charge in [-0.1, -0.05) is 24.3 Å². The predicted octanol–water partition coefficient (Wildman–Crippen LogP) is 3.04. The highest BCUT2D eigenvalue weighted by molar-refractivity contribution is 5.92. The van der Waals surface area contributed by atoms with E-state index in [1.54, 1.807) is 11.0 Å². The average Bonchev–Trinajstić information content (AvgIpc) is 2.69. The largest absolute Gasteiger partial charge is 0.493 e. The molecule has 1 aliphatic rings. The average molecular weight is 367 g/mol. The molecule has 1 N–H and O–H groups in total. The minimum atomic E-state index is -0.208. The van der Waals surface area contributed by atoms with Gasteiger partial charge in [0.2, 0.25) is 11.8 Å². The summed E-state index contributed by atoms with van der Waals surface area (Å²) in [6.45, 7) is 3.36. The van der Waals surface area contributed by atoms with Gasteiger partial charge < -0.3 is 15.0 Å². The van der Waals surface area contributed by atoms with Gasteiger partial charge in [-0.2, -0.15) is 0 Å². The van der Waals surface area contributed by atoms with Crippen LogP contribution in [0.5, 0.6) is 5.75 Å². The fraction of sp³-hybridized carbons (Fsp3) is 0.381. The maximum absolute atomic E-state index is 12.5. The van der Waals surface area contributed by atoms with E-state index in [2.05, 4.69) is 10.3 Å². The monoisotopic (exact) mass is 367 g/mol. The number of likely N-dealkylation sites (tertiary alicyclic amines) is 1. The van der Waals surface area contributed by atoms with Crippen molar-refractivity contribution in [3.05, 3.63) is 54.2 Å². The minimum Gasteiger partial charge on any atom is -0.493 e. The maximum atomic E-state index is 12.5. The maximum Gasteiger partial charge on any atom is 0.230 e. The summed E-state index contributed by atoms with van der Waals surface area (Å²) in [5.41, 5.74) is 0.853. The molecule has 3 rings (SSSR count). The normalized spacial score (nSPS) is 16.6. The summed E-state index contributed by atoms with van der Waals surface area (Å²) in [4.78, 5) is 31.1. The lowest BCUT2D eigenvalue weighted by Crippen LogP contribution is -2.44. The molecule has 0 aliphatic carbocycles. The number of aromatic nitrogens is 1. The second kappa shape index (κ2) is 9.16. The SMILES string of the molecule is Cc1cccc(NC(=O)C2CCCN(C(=O)CCOc3ccccc3)C2)n1. The smallest absolute Gasteiger partial charge is 0.230 e. The molecule has 1 aromatic heterocycles. The Kier molecular flexibility index (Phi) is 6.41. The number of carbonyl (C=O) groups excluding carboxylic acids is 2. The lowest BCUT2D eigenvalue weighted by atomic mass is 9.97. The van der Waals surface area contributed by atoms with E-state index in [0.717, 1.165) is 24.3 Å². The van der Waals surface area contributed by atoms with E-state index in [9.17, 15) is 9.59 Å². The molecule has 1 unspecified atom stereocenters. The van der Waals surface area contributed by atoms with Crippen LogP contribution < -0.4 is 10.1 Å². The summed E-state index contributed by atoms with van der Waals surface area (Å²) in [6.07, 6.45) is 1.91. The highest BCUT2D eigenvalue weighted by Crippen LogP contribution is 2.19. The third-order valence-electron chi connectivity index (χ3n) is 4.61. The van der Waals surface area contributed by atoms with Crippen molar-refractivity contribution in [1.82, 2.24) is 9.88 Å². The number of piperidine rings is 1. The van der Waals surface area contributed by atoms with Crippen molar-refractivity contribution < 1.29 is 14.3 Å². The minimum absolute atomic E-state index is 0.0251. The second-order valence-corrected chi connectivity index (χ2v) is 6.74. The molecule has 1 atom stereocenters. The van der Waals surface area contributed by atoms with Crippen molar-refractivity contribution >= 4 is 17.6 Å². The number of nitrogens with zero attached hydrogens (tertiary/aromatic N) is 2. The van der Waals surface area contributed by atoms with Crippen LogP contribution in [-0.4, -0.2) is 41.4 Å². The molecular formula is C21H25N3O3. The number of carbonyl (C=O) groups is 2. The Balaban J connectivity index is 1.47. The Bertz CT molecular complexity index is 779. The number of hydrogen-bond acceptors (Lipinski definition) is 4. The lowest BCUT2D eigenvalue weighted by molar-refractivity contribution is -0.135. The summed E-state index contributed by atoms with van der Waals surface area (Å²) < 4.78 is 5.60. The van der Waals surface area contributed by atoms with Gasteiger partial charge in [-0.3, -0.25) is 9.59 Å². The Morgan fingerprint density at radius 2 is 2.00 bits per heavy atom. The summed E-state index contributed by atoms with van der Waals surface area (Å²) in [6, 6.07) is 15.0. The number of hydrogen-bond donors (Lipinski definition) is 1. The van der Waals surface area contributed by atoms with E-state index in [4.69, 9.17) is 4.74 Å². The molecule has 1 saturated heterocycles. The first-order chi connectivity index (χ1) is 13.1. The highest BCUT2D eigenvalue weighted by Gasteiger charge is 2.28. The summed E-state index contributed by atoms with van der Waals surface area (Å²) >= 11 is 0. The number of aryl methyl sites for hydroxylation is 1. The van der Waals surface area contributed by atoms with Crippen molar-refractivity contribution in [3.63, 3.8) is 0 Å². The van der Waals surface area contributed by atoms with Gasteiger partial charge in [0.1, 0.15) is 11.6 Å². The summed E-state index contributed by atoms with van der Waals surface area (Å²) in [5, 5.41) is 2.86. The molecule has 6 nitrogen and oxygen atoms in total. The van der Waals surface area contributed by atoms with Gasteiger partial charge in [-0.15, -0.1) is 0 Å². The van der Waals surface area contributed by atoms with E-state index < -0.39 is 0 Å². The number of ether oxygens (including phenoxy) is 1. The molecule has 2 amide bonds. The second-order valence-electron chi connectivity index (χ2n) is 6.74. The van der Waals surface area contributed by atoms with Gasteiger partial charge in [0.15, 0.2) is 0 Å². The summed E-state index contributed by atoms with van der Waals surface area (Å²) in [5.74, 6) is 1.05. The van der Waals surface area contributed by atoms with Gasteiger partial charge in [-0.25, -0.2) is 4.98 Å². The van der Waals surface area contributed by atoms with Crippen molar-refractivity contribution in [1.29, 1.82) is 0 Å². The molecule has 142 valence electrons. The number of benzene rings is 1. The Labute approximate surface area is 159 Å². The topological polar surface area (TPSA) is 71.5 Å². The van der Waals surface area contributed by atoms with Gasteiger partial charge in [0.25, 0.3) is 0 Å². The van der Waals surface area contributed by atoms with E-state index >= 15 is 0 Å². The standard InChI is InChI=1S/C21H25N3O3/c1-16-7-5-11-19(22-16)23-21(26)17-8-6-13-24(15-17)20(25)12-14-27-18-9-3-2-4-10-18/h2-5,7,9-11,17H,6,8,12-15H2,1H3,(H,22,23,26). The van der Waals surface area contributed by atoms with E-state index in [0.29, 0.717) is 31.9 Å². The molecule has 0 bridgehead atoms. The molecule has 0 radical (unpaired) electrons. The van der Waals surface area contributed by atoms with E-state index in [1.807, 2.05) is 49.4 Å². The molecule has 1 aromatic carbocycles. The number of pyridine rings is 1. The first-order valence-corrected chi connectivity index (χ1v) is 9.32. The molecule has 0 saturated carbocycles. The third kappa shape index (κ3) is 5.54. The van der Waals surface area contributed by atoms with Crippen LogP contribution in [0.3, 0.4) is 0 Å². The first kappa shape index (κ1) is 18.9. The third-order valence-corrected chi connectivity index (χ3v) is 4.61. The van der Waals surface area contributed by atoms with Gasteiger partial charge >= 0.3 is 0 Å². The Morgan fingerprint density at radius 3 is 2.78 bits per heavy atom. The zero-order chi connectivity index (χ0) is 19.1. The lowest BCUT2D eigenvalue weighted by Gasteiger charge is -2.32. The number of nitrogens with one attached hydrogen (secondary N) is 1. The van der Waals surface area contributed by atoms with Crippen LogP contribution in [0.1, 0.15) is 25.0 Å². The molecule has 0 spiro atoms. The highest BCUT2D eigenvalue weighted by atomic mass is 16.5. The fourth-order valence-electron chi connectivity index (χ4n) is 3.19. The fourth-order valence-corrected chi connectivity index (χ4v) is 3.19. The van der Waals surface area contributed by atoms with Crippen LogP contribution >= 0.6 is 0 Å². The van der Waals surface area contributed by atoms with Crippen molar-refractivity contribution in [2.75, 3.05) is 25.0 Å². The van der Waals surface area contributed by atoms with Crippen LogP contribution in [-0.2, 0) is 9.59 Å². The van der Waals surface area contributed by atoms with Crippen molar-refractivity contribution in [2.45, 2.75) is 26.2 Å². The first-order valence-electron chi connectivity index (χ1n) is 9.32. The Morgan fingerprint density at radius 1 is 1.19 bits per heavy atom. The molecule has 2 heterocycles. The zero-order valence-electron chi connectivity index (χ0n) is 15.6. The molecule has 2 aromatic rings.